The first kappa shape index (κ1) is 21.3. The maximum absolute atomic E-state index is 12.4. The molecule has 1 aliphatic rings. The summed E-state index contributed by atoms with van der Waals surface area (Å²) in [4.78, 5) is 37.2. The molecule has 0 saturated carbocycles. The van der Waals surface area contributed by atoms with Gasteiger partial charge in [0.1, 0.15) is 11.0 Å². The van der Waals surface area contributed by atoms with Crippen molar-refractivity contribution in [1.82, 2.24) is 0 Å². The normalized spacial score (nSPS) is 14.3. The molecule has 0 bridgehead atoms. The van der Waals surface area contributed by atoms with Gasteiger partial charge >= 0.3 is 5.97 Å². The zero-order valence-electron chi connectivity index (χ0n) is 15.7. The Labute approximate surface area is 162 Å². The SMILES string of the molecule is CCOC(=O)c1c(NC(=O)C[C@@H]([NH2+]CCOC)C(=O)[O-])sc2c1CCCC2. The fraction of sp³-hybridized carbons (Fsp3) is 0.611. The van der Waals surface area contributed by atoms with Gasteiger partial charge in [-0.25, -0.2) is 4.79 Å². The van der Waals surface area contributed by atoms with E-state index < -0.39 is 23.9 Å². The van der Waals surface area contributed by atoms with Crippen molar-refractivity contribution < 1.29 is 34.3 Å². The Bertz CT molecular complexity index is 688. The minimum Gasteiger partial charge on any atom is -0.544 e. The highest BCUT2D eigenvalue weighted by atomic mass is 32.1. The highest BCUT2D eigenvalue weighted by Gasteiger charge is 2.28. The van der Waals surface area contributed by atoms with Crippen LogP contribution < -0.4 is 15.7 Å². The summed E-state index contributed by atoms with van der Waals surface area (Å²) in [5, 5.41) is 15.9. The molecular weight excluding hydrogens is 372 g/mol. The lowest BCUT2D eigenvalue weighted by molar-refractivity contribution is -0.683. The second-order valence-electron chi connectivity index (χ2n) is 6.33. The number of hydrogen-bond donors (Lipinski definition) is 2. The summed E-state index contributed by atoms with van der Waals surface area (Å²) in [6.45, 7) is 2.76. The number of fused-ring (bicyclic) bond motifs is 1. The Balaban J connectivity index is 2.13. The average molecular weight is 398 g/mol. The van der Waals surface area contributed by atoms with E-state index in [1.165, 1.54) is 23.8 Å². The molecule has 27 heavy (non-hydrogen) atoms. The first-order valence-corrected chi connectivity index (χ1v) is 9.94. The van der Waals surface area contributed by atoms with Gasteiger partial charge < -0.3 is 30.0 Å². The zero-order chi connectivity index (χ0) is 19.8. The standard InChI is InChI=1S/C18H26N2O6S/c1-3-26-18(24)15-11-6-4-5-7-13(11)27-16(15)20-14(21)10-12(17(22)23)19-8-9-25-2/h12,19H,3-10H2,1-2H3,(H,20,21)(H,22,23)/t12-/m1/s1. The zero-order valence-corrected chi connectivity index (χ0v) is 16.5. The van der Waals surface area contributed by atoms with Crippen molar-refractivity contribution >= 4 is 34.2 Å². The molecule has 0 aromatic carbocycles. The number of methoxy groups -OCH3 is 1. The third-order valence-electron chi connectivity index (χ3n) is 4.39. The fourth-order valence-electron chi connectivity index (χ4n) is 3.10. The van der Waals surface area contributed by atoms with E-state index >= 15 is 0 Å². The van der Waals surface area contributed by atoms with Crippen molar-refractivity contribution in [3.8, 4) is 0 Å². The van der Waals surface area contributed by atoms with E-state index in [1.54, 1.807) is 6.92 Å². The summed E-state index contributed by atoms with van der Waals surface area (Å²) >= 11 is 1.38. The van der Waals surface area contributed by atoms with Gasteiger partial charge in [-0.3, -0.25) is 4.79 Å². The minimum absolute atomic E-state index is 0.248. The molecule has 3 N–H and O–H groups in total. The van der Waals surface area contributed by atoms with Gasteiger partial charge in [0.15, 0.2) is 0 Å². The smallest absolute Gasteiger partial charge is 0.341 e. The average Bonchev–Trinajstić information content (AvgIpc) is 2.98. The molecule has 0 saturated heterocycles. The molecule has 0 fully saturated rings. The summed E-state index contributed by atoms with van der Waals surface area (Å²) in [5.74, 6) is -2.23. The number of nitrogens with two attached hydrogens (primary N) is 1. The highest BCUT2D eigenvalue weighted by molar-refractivity contribution is 7.17. The topological polar surface area (TPSA) is 121 Å². The van der Waals surface area contributed by atoms with Crippen LogP contribution in [0.4, 0.5) is 5.00 Å². The molecule has 0 spiro atoms. The number of esters is 1. The Morgan fingerprint density at radius 1 is 1.30 bits per heavy atom. The van der Waals surface area contributed by atoms with Gasteiger partial charge in [-0.1, -0.05) is 0 Å². The number of nitrogens with one attached hydrogen (secondary N) is 1. The van der Waals surface area contributed by atoms with Gasteiger partial charge in [0.2, 0.25) is 5.91 Å². The van der Waals surface area contributed by atoms with Gasteiger partial charge in [-0.05, 0) is 38.2 Å². The molecule has 8 nitrogen and oxygen atoms in total. The van der Waals surface area contributed by atoms with Gasteiger partial charge in [0.25, 0.3) is 0 Å². The second-order valence-corrected chi connectivity index (χ2v) is 7.44. The molecule has 1 amide bonds. The summed E-state index contributed by atoms with van der Waals surface area (Å²) < 4.78 is 10.0. The van der Waals surface area contributed by atoms with Crippen molar-refractivity contribution in [3.63, 3.8) is 0 Å². The molecule has 1 aromatic heterocycles. The molecular formula is C18H26N2O6S. The van der Waals surface area contributed by atoms with Gasteiger partial charge in [0, 0.05) is 12.0 Å². The molecule has 0 unspecified atom stereocenters. The second kappa shape index (κ2) is 10.4. The molecule has 1 aliphatic carbocycles. The van der Waals surface area contributed by atoms with Crippen LogP contribution in [0.1, 0.15) is 47.0 Å². The predicted molar refractivity (Wildman–Crippen MR) is 97.6 cm³/mol. The molecule has 0 aliphatic heterocycles. The van der Waals surface area contributed by atoms with Gasteiger partial charge in [-0.2, -0.15) is 0 Å². The fourth-order valence-corrected chi connectivity index (χ4v) is 4.39. The summed E-state index contributed by atoms with van der Waals surface area (Å²) in [6, 6.07) is -1.01. The number of thiophene rings is 1. The summed E-state index contributed by atoms with van der Waals surface area (Å²) in [7, 11) is 1.52. The molecule has 2 rings (SSSR count). The lowest BCUT2D eigenvalue weighted by Gasteiger charge is -2.16. The molecule has 1 aromatic rings. The Morgan fingerprint density at radius 3 is 2.70 bits per heavy atom. The number of anilines is 1. The molecule has 1 atom stereocenters. The lowest BCUT2D eigenvalue weighted by atomic mass is 9.95. The van der Waals surface area contributed by atoms with Crippen molar-refractivity contribution in [3.05, 3.63) is 16.0 Å². The number of carboxylic acids is 1. The van der Waals surface area contributed by atoms with Crippen LogP contribution in [0.25, 0.3) is 0 Å². The number of quaternary nitrogens is 1. The van der Waals surface area contributed by atoms with Crippen molar-refractivity contribution in [1.29, 1.82) is 0 Å². The van der Waals surface area contributed by atoms with Crippen LogP contribution in [0.3, 0.4) is 0 Å². The number of carbonyl (C=O) groups is 3. The highest BCUT2D eigenvalue weighted by Crippen LogP contribution is 2.38. The quantitative estimate of drug-likeness (QED) is 0.403. The predicted octanol–water partition coefficient (Wildman–Crippen LogP) is -0.539. The number of carboxylic acid groups (broad SMARTS) is 1. The largest absolute Gasteiger partial charge is 0.544 e. The first-order chi connectivity index (χ1) is 13.0. The van der Waals surface area contributed by atoms with E-state index in [0.717, 1.165) is 36.1 Å². The summed E-state index contributed by atoms with van der Waals surface area (Å²) in [6.07, 6.45) is 3.43. The minimum atomic E-state index is -1.31. The Kier molecular flexibility index (Phi) is 8.21. The van der Waals surface area contributed by atoms with Crippen molar-refractivity contribution in [2.45, 2.75) is 45.1 Å². The Morgan fingerprint density at radius 2 is 2.04 bits per heavy atom. The van der Waals surface area contributed by atoms with E-state index in [-0.39, 0.29) is 13.0 Å². The number of amides is 1. The van der Waals surface area contributed by atoms with Crippen LogP contribution in [-0.4, -0.2) is 50.8 Å². The molecule has 0 radical (unpaired) electrons. The number of rotatable bonds is 10. The lowest BCUT2D eigenvalue weighted by Crippen LogP contribution is -2.94. The van der Waals surface area contributed by atoms with E-state index in [9.17, 15) is 19.5 Å². The Hall–Kier alpha value is -1.97. The molecule has 150 valence electrons. The first-order valence-electron chi connectivity index (χ1n) is 9.12. The maximum Gasteiger partial charge on any atom is 0.341 e. The van der Waals surface area contributed by atoms with E-state index in [2.05, 4.69) is 5.32 Å². The number of aliphatic carboxylic acids is 1. The summed E-state index contributed by atoms with van der Waals surface area (Å²) in [5.41, 5.74) is 1.36. The van der Waals surface area contributed by atoms with Crippen LogP contribution >= 0.6 is 11.3 Å². The van der Waals surface area contributed by atoms with Crippen molar-refractivity contribution in [2.24, 2.45) is 0 Å². The molecule has 1 heterocycles. The van der Waals surface area contributed by atoms with Crippen molar-refractivity contribution in [2.75, 3.05) is 32.2 Å². The van der Waals surface area contributed by atoms with E-state index in [1.807, 2.05) is 0 Å². The van der Waals surface area contributed by atoms with Crippen LogP contribution in [0.5, 0.6) is 0 Å². The van der Waals surface area contributed by atoms with E-state index in [0.29, 0.717) is 23.7 Å². The van der Waals surface area contributed by atoms with Crippen LogP contribution in [0.15, 0.2) is 0 Å². The number of aryl methyl sites for hydroxylation is 1. The third-order valence-corrected chi connectivity index (χ3v) is 5.59. The van der Waals surface area contributed by atoms with Gasteiger partial charge in [0.05, 0.1) is 37.7 Å². The van der Waals surface area contributed by atoms with Crippen LogP contribution in [-0.2, 0) is 31.9 Å². The number of ether oxygens (including phenoxy) is 2. The van der Waals surface area contributed by atoms with Gasteiger partial charge in [-0.15, -0.1) is 11.3 Å². The third kappa shape index (κ3) is 5.75. The molecule has 9 heteroatoms. The van der Waals surface area contributed by atoms with E-state index in [4.69, 9.17) is 9.47 Å². The number of hydrogen-bond acceptors (Lipinski definition) is 7. The van der Waals surface area contributed by atoms with Crippen LogP contribution in [0.2, 0.25) is 0 Å². The number of carbonyl (C=O) groups excluding carboxylic acids is 3. The monoisotopic (exact) mass is 398 g/mol. The van der Waals surface area contributed by atoms with Crippen LogP contribution in [0, 0.1) is 0 Å². The maximum atomic E-state index is 12.4.